The van der Waals surface area contributed by atoms with Gasteiger partial charge in [-0.15, -0.1) is 0 Å². The van der Waals surface area contributed by atoms with Crippen molar-refractivity contribution in [2.45, 2.75) is 38.8 Å². The quantitative estimate of drug-likeness (QED) is 0.896. The summed E-state index contributed by atoms with van der Waals surface area (Å²) in [7, 11) is 0. The SMILES string of the molecule is Cc1cc(OC(C)C(=O)NC2CCNCC2)ccc1Cl. The molecule has 1 heterocycles. The van der Waals surface area contributed by atoms with Crippen molar-refractivity contribution in [3.63, 3.8) is 0 Å². The van der Waals surface area contributed by atoms with Gasteiger partial charge in [-0.3, -0.25) is 4.79 Å². The van der Waals surface area contributed by atoms with Gasteiger partial charge in [-0.25, -0.2) is 0 Å². The highest BCUT2D eigenvalue weighted by Crippen LogP contribution is 2.21. The van der Waals surface area contributed by atoms with Gasteiger partial charge in [0.2, 0.25) is 0 Å². The first-order valence-electron chi connectivity index (χ1n) is 7.00. The van der Waals surface area contributed by atoms with E-state index in [9.17, 15) is 4.79 Å². The molecule has 1 aromatic rings. The molecule has 0 radical (unpaired) electrons. The van der Waals surface area contributed by atoms with Crippen LogP contribution < -0.4 is 15.4 Å². The molecule has 1 aliphatic heterocycles. The first-order chi connectivity index (χ1) is 9.56. The minimum absolute atomic E-state index is 0.0653. The molecule has 2 rings (SSSR count). The van der Waals surface area contributed by atoms with Gasteiger partial charge in [0.25, 0.3) is 5.91 Å². The second-order valence-electron chi connectivity index (χ2n) is 5.20. The van der Waals surface area contributed by atoms with E-state index in [0.29, 0.717) is 10.8 Å². The van der Waals surface area contributed by atoms with Gasteiger partial charge in [0.15, 0.2) is 6.10 Å². The molecule has 1 aromatic carbocycles. The number of rotatable bonds is 4. The molecule has 0 saturated carbocycles. The molecule has 1 amide bonds. The summed E-state index contributed by atoms with van der Waals surface area (Å²) < 4.78 is 5.67. The number of hydrogen-bond donors (Lipinski definition) is 2. The van der Waals surface area contributed by atoms with Gasteiger partial charge in [-0.05, 0) is 63.5 Å². The Morgan fingerprint density at radius 2 is 2.15 bits per heavy atom. The Kier molecular flexibility index (Phi) is 5.26. The van der Waals surface area contributed by atoms with Crippen molar-refractivity contribution >= 4 is 17.5 Å². The zero-order chi connectivity index (χ0) is 14.5. The first kappa shape index (κ1) is 15.1. The zero-order valence-electron chi connectivity index (χ0n) is 11.9. The molecular weight excluding hydrogens is 276 g/mol. The van der Waals surface area contributed by atoms with Crippen LogP contribution in [0, 0.1) is 6.92 Å². The number of benzene rings is 1. The lowest BCUT2D eigenvalue weighted by atomic mass is 10.1. The lowest BCUT2D eigenvalue weighted by Crippen LogP contribution is -2.46. The van der Waals surface area contributed by atoms with Crippen LogP contribution in [0.15, 0.2) is 18.2 Å². The van der Waals surface area contributed by atoms with Crippen molar-refractivity contribution < 1.29 is 9.53 Å². The monoisotopic (exact) mass is 296 g/mol. The fourth-order valence-corrected chi connectivity index (χ4v) is 2.35. The van der Waals surface area contributed by atoms with Crippen LogP contribution in [0.3, 0.4) is 0 Å². The number of halogens is 1. The van der Waals surface area contributed by atoms with Crippen LogP contribution in [0.1, 0.15) is 25.3 Å². The predicted molar refractivity (Wildman–Crippen MR) is 80.3 cm³/mol. The number of piperidine rings is 1. The summed E-state index contributed by atoms with van der Waals surface area (Å²) in [5.41, 5.74) is 0.940. The molecule has 1 saturated heterocycles. The second kappa shape index (κ2) is 6.95. The van der Waals surface area contributed by atoms with Crippen LogP contribution in [0.2, 0.25) is 5.02 Å². The molecule has 4 nitrogen and oxygen atoms in total. The summed E-state index contributed by atoms with van der Waals surface area (Å²) in [6.07, 6.45) is 1.43. The predicted octanol–water partition coefficient (Wildman–Crippen LogP) is 2.28. The van der Waals surface area contributed by atoms with Crippen molar-refractivity contribution in [2.75, 3.05) is 13.1 Å². The number of carbonyl (C=O) groups excluding carboxylic acids is 1. The third kappa shape index (κ3) is 4.12. The van der Waals surface area contributed by atoms with E-state index in [1.54, 1.807) is 19.1 Å². The number of carbonyl (C=O) groups is 1. The Bertz CT molecular complexity index is 473. The molecule has 1 fully saturated rings. The van der Waals surface area contributed by atoms with E-state index in [-0.39, 0.29) is 11.9 Å². The van der Waals surface area contributed by atoms with Crippen LogP contribution in [0.4, 0.5) is 0 Å². The highest BCUT2D eigenvalue weighted by molar-refractivity contribution is 6.31. The molecule has 1 atom stereocenters. The molecule has 0 bridgehead atoms. The molecule has 1 aliphatic rings. The van der Waals surface area contributed by atoms with E-state index < -0.39 is 6.10 Å². The largest absolute Gasteiger partial charge is 0.481 e. The summed E-state index contributed by atoms with van der Waals surface area (Å²) in [4.78, 5) is 12.1. The molecule has 2 N–H and O–H groups in total. The lowest BCUT2D eigenvalue weighted by Gasteiger charge is -2.25. The van der Waals surface area contributed by atoms with E-state index in [2.05, 4.69) is 10.6 Å². The number of nitrogens with one attached hydrogen (secondary N) is 2. The normalized spacial score (nSPS) is 17.6. The van der Waals surface area contributed by atoms with Crippen LogP contribution in [0.5, 0.6) is 5.75 Å². The highest BCUT2D eigenvalue weighted by Gasteiger charge is 2.20. The van der Waals surface area contributed by atoms with Crippen molar-refractivity contribution in [2.24, 2.45) is 0 Å². The third-order valence-electron chi connectivity index (χ3n) is 3.50. The van der Waals surface area contributed by atoms with Crippen molar-refractivity contribution in [3.05, 3.63) is 28.8 Å². The highest BCUT2D eigenvalue weighted by atomic mass is 35.5. The van der Waals surface area contributed by atoms with Crippen molar-refractivity contribution in [1.29, 1.82) is 0 Å². The number of ether oxygens (including phenoxy) is 1. The van der Waals surface area contributed by atoms with Crippen molar-refractivity contribution in [1.82, 2.24) is 10.6 Å². The Morgan fingerprint density at radius 3 is 2.80 bits per heavy atom. The van der Waals surface area contributed by atoms with Gasteiger partial charge in [0.05, 0.1) is 0 Å². The van der Waals surface area contributed by atoms with Gasteiger partial charge < -0.3 is 15.4 Å². The lowest BCUT2D eigenvalue weighted by molar-refractivity contribution is -0.128. The standard InChI is InChI=1S/C15H21ClN2O2/c1-10-9-13(3-4-14(10)16)20-11(2)15(19)18-12-5-7-17-8-6-12/h3-4,9,11-12,17H,5-8H2,1-2H3,(H,18,19). The van der Waals surface area contributed by atoms with E-state index in [0.717, 1.165) is 31.5 Å². The van der Waals surface area contributed by atoms with E-state index in [1.807, 2.05) is 13.0 Å². The van der Waals surface area contributed by atoms with E-state index >= 15 is 0 Å². The zero-order valence-corrected chi connectivity index (χ0v) is 12.7. The van der Waals surface area contributed by atoms with Gasteiger partial charge in [0, 0.05) is 11.1 Å². The van der Waals surface area contributed by atoms with Crippen LogP contribution in [0.25, 0.3) is 0 Å². The average molecular weight is 297 g/mol. The fraction of sp³-hybridized carbons (Fsp3) is 0.533. The van der Waals surface area contributed by atoms with Gasteiger partial charge in [-0.1, -0.05) is 11.6 Å². The molecule has 110 valence electrons. The average Bonchev–Trinajstić information content (AvgIpc) is 2.44. The molecule has 5 heteroatoms. The summed E-state index contributed by atoms with van der Waals surface area (Å²) >= 11 is 5.97. The van der Waals surface area contributed by atoms with Crippen molar-refractivity contribution in [3.8, 4) is 5.75 Å². The minimum Gasteiger partial charge on any atom is -0.481 e. The summed E-state index contributed by atoms with van der Waals surface area (Å²) in [5, 5.41) is 7.01. The topological polar surface area (TPSA) is 50.4 Å². The Hall–Kier alpha value is -1.26. The van der Waals surface area contributed by atoms with Crippen LogP contribution in [-0.2, 0) is 4.79 Å². The maximum absolute atomic E-state index is 12.1. The maximum Gasteiger partial charge on any atom is 0.260 e. The molecule has 20 heavy (non-hydrogen) atoms. The molecule has 0 aromatic heterocycles. The Labute approximate surface area is 124 Å². The smallest absolute Gasteiger partial charge is 0.260 e. The van der Waals surface area contributed by atoms with Gasteiger partial charge >= 0.3 is 0 Å². The van der Waals surface area contributed by atoms with E-state index in [1.165, 1.54) is 0 Å². The Morgan fingerprint density at radius 1 is 1.45 bits per heavy atom. The summed E-state index contributed by atoms with van der Waals surface area (Å²) in [6.45, 7) is 5.59. The molecule has 1 unspecified atom stereocenters. The van der Waals surface area contributed by atoms with E-state index in [4.69, 9.17) is 16.3 Å². The summed E-state index contributed by atoms with van der Waals surface area (Å²) in [5.74, 6) is 0.601. The third-order valence-corrected chi connectivity index (χ3v) is 3.92. The fourth-order valence-electron chi connectivity index (χ4n) is 2.23. The second-order valence-corrected chi connectivity index (χ2v) is 5.61. The number of amides is 1. The maximum atomic E-state index is 12.1. The van der Waals surface area contributed by atoms with Gasteiger partial charge in [0.1, 0.15) is 5.75 Å². The van der Waals surface area contributed by atoms with Gasteiger partial charge in [-0.2, -0.15) is 0 Å². The molecular formula is C15H21ClN2O2. The van der Waals surface area contributed by atoms with Crippen LogP contribution >= 0.6 is 11.6 Å². The molecule has 0 aliphatic carbocycles. The first-order valence-corrected chi connectivity index (χ1v) is 7.38. The summed E-state index contributed by atoms with van der Waals surface area (Å²) in [6, 6.07) is 5.66. The Balaban J connectivity index is 1.88. The number of hydrogen-bond acceptors (Lipinski definition) is 3. The minimum atomic E-state index is -0.509. The van der Waals surface area contributed by atoms with Crippen LogP contribution in [-0.4, -0.2) is 31.1 Å². The molecule has 0 spiro atoms. The number of aryl methyl sites for hydroxylation is 1.